The quantitative estimate of drug-likeness (QED) is 0.362. The van der Waals surface area contributed by atoms with E-state index >= 15 is 0 Å². The molecule has 0 bridgehead atoms. The normalized spacial score (nSPS) is 15.0. The van der Waals surface area contributed by atoms with E-state index in [2.05, 4.69) is 20.9 Å². The van der Waals surface area contributed by atoms with Gasteiger partial charge in [-0.15, -0.1) is 0 Å². The molecule has 1 saturated carbocycles. The first kappa shape index (κ1) is 23.9. The van der Waals surface area contributed by atoms with Crippen molar-refractivity contribution >= 4 is 29.3 Å². The number of primary amides is 1. The molecular weight excluding hydrogens is 433 g/mol. The van der Waals surface area contributed by atoms with Gasteiger partial charge in [-0.25, -0.2) is 14.2 Å². The number of ether oxygens (including phenoxy) is 2. The Bertz CT molecular complexity index is 1030. The molecular formula is C22H28FN5O5. The van der Waals surface area contributed by atoms with Crippen molar-refractivity contribution < 1.29 is 28.6 Å². The minimum atomic E-state index is -1.16. The first-order chi connectivity index (χ1) is 15.7. The van der Waals surface area contributed by atoms with Gasteiger partial charge in [0.1, 0.15) is 5.82 Å². The summed E-state index contributed by atoms with van der Waals surface area (Å²) in [5.41, 5.74) is 5.82. The van der Waals surface area contributed by atoms with E-state index in [-0.39, 0.29) is 29.2 Å². The molecule has 1 fully saturated rings. The lowest BCUT2D eigenvalue weighted by atomic mass is 9.77. The number of aromatic nitrogens is 1. The fourth-order valence-corrected chi connectivity index (χ4v) is 3.82. The smallest absolute Gasteiger partial charge is 0.404 e. The van der Waals surface area contributed by atoms with Gasteiger partial charge in [0.15, 0.2) is 23.1 Å². The van der Waals surface area contributed by atoms with Crippen LogP contribution in [0.5, 0.6) is 11.5 Å². The van der Waals surface area contributed by atoms with Crippen molar-refractivity contribution in [2.24, 2.45) is 11.7 Å². The molecule has 2 atom stereocenters. The van der Waals surface area contributed by atoms with Gasteiger partial charge < -0.3 is 36.3 Å². The van der Waals surface area contributed by atoms with E-state index in [0.717, 1.165) is 25.3 Å². The molecule has 1 aromatic heterocycles. The van der Waals surface area contributed by atoms with Gasteiger partial charge in [-0.1, -0.05) is 6.42 Å². The lowest BCUT2D eigenvalue weighted by Gasteiger charge is -2.38. The Morgan fingerprint density at radius 1 is 1.18 bits per heavy atom. The number of carbonyl (C=O) groups is 2. The van der Waals surface area contributed by atoms with E-state index in [9.17, 15) is 14.0 Å². The van der Waals surface area contributed by atoms with Crippen molar-refractivity contribution in [3.63, 3.8) is 0 Å². The van der Waals surface area contributed by atoms with Crippen LogP contribution in [0.15, 0.2) is 24.3 Å². The highest BCUT2D eigenvalue weighted by Crippen LogP contribution is 2.35. The zero-order valence-electron chi connectivity index (χ0n) is 18.6. The van der Waals surface area contributed by atoms with Crippen molar-refractivity contribution in [2.75, 3.05) is 24.9 Å². The molecule has 178 valence electrons. The van der Waals surface area contributed by atoms with Gasteiger partial charge in [-0.2, -0.15) is 0 Å². The Balaban J connectivity index is 1.94. The fraction of sp³-hybridized carbons (Fsp3) is 0.409. The SMILES string of the molecule is COc1ccc(Nc2nc(N[C@H](C3CCC3)[C@H](C)NC(=O)O)c(F)cc2C(N)=O)cc1OC. The number of nitrogens with zero attached hydrogens (tertiary/aromatic N) is 1. The van der Waals surface area contributed by atoms with Gasteiger partial charge in [0.05, 0.1) is 25.8 Å². The Morgan fingerprint density at radius 3 is 2.42 bits per heavy atom. The van der Waals surface area contributed by atoms with E-state index < -0.39 is 23.9 Å². The summed E-state index contributed by atoms with van der Waals surface area (Å²) in [6, 6.07) is 5.11. The topological polar surface area (TPSA) is 148 Å². The highest BCUT2D eigenvalue weighted by molar-refractivity contribution is 5.98. The van der Waals surface area contributed by atoms with Crippen molar-refractivity contribution in [1.29, 1.82) is 0 Å². The van der Waals surface area contributed by atoms with Crippen LogP contribution in [0.2, 0.25) is 0 Å². The van der Waals surface area contributed by atoms with Gasteiger partial charge in [0.2, 0.25) is 0 Å². The number of amides is 2. The van der Waals surface area contributed by atoms with Crippen LogP contribution in [-0.2, 0) is 0 Å². The van der Waals surface area contributed by atoms with Crippen LogP contribution in [0.1, 0.15) is 36.5 Å². The second-order valence-corrected chi connectivity index (χ2v) is 7.87. The number of hydrogen-bond donors (Lipinski definition) is 5. The predicted octanol–water partition coefficient (Wildman–Crippen LogP) is 3.32. The number of pyridine rings is 1. The maximum absolute atomic E-state index is 14.9. The highest BCUT2D eigenvalue weighted by Gasteiger charge is 2.33. The molecule has 1 aliphatic rings. The Kier molecular flexibility index (Phi) is 7.41. The van der Waals surface area contributed by atoms with Gasteiger partial charge in [0, 0.05) is 17.8 Å². The number of halogens is 1. The maximum Gasteiger partial charge on any atom is 0.404 e. The number of anilines is 3. The molecule has 2 amide bonds. The van der Waals surface area contributed by atoms with Crippen LogP contribution in [0, 0.1) is 11.7 Å². The zero-order chi connectivity index (χ0) is 24.1. The minimum absolute atomic E-state index is 0.0461. The van der Waals surface area contributed by atoms with E-state index in [4.69, 9.17) is 20.3 Å². The van der Waals surface area contributed by atoms with E-state index in [1.807, 2.05) is 0 Å². The molecule has 2 aromatic rings. The van der Waals surface area contributed by atoms with Crippen LogP contribution in [-0.4, -0.2) is 48.4 Å². The first-order valence-electron chi connectivity index (χ1n) is 10.5. The molecule has 0 saturated heterocycles. The number of rotatable bonds is 10. The summed E-state index contributed by atoms with van der Waals surface area (Å²) >= 11 is 0. The largest absolute Gasteiger partial charge is 0.493 e. The number of hydrogen-bond acceptors (Lipinski definition) is 7. The zero-order valence-corrected chi connectivity index (χ0v) is 18.6. The van der Waals surface area contributed by atoms with Crippen molar-refractivity contribution in [3.05, 3.63) is 35.6 Å². The molecule has 1 heterocycles. The average Bonchev–Trinajstić information content (AvgIpc) is 2.73. The summed E-state index contributed by atoms with van der Waals surface area (Å²) in [5, 5.41) is 17.5. The molecule has 1 aromatic carbocycles. The molecule has 10 nitrogen and oxygen atoms in total. The van der Waals surface area contributed by atoms with Gasteiger partial charge >= 0.3 is 6.09 Å². The van der Waals surface area contributed by atoms with Crippen LogP contribution in [0.25, 0.3) is 0 Å². The molecule has 6 N–H and O–H groups in total. The molecule has 0 radical (unpaired) electrons. The summed E-state index contributed by atoms with van der Waals surface area (Å²) in [6.45, 7) is 1.71. The number of benzene rings is 1. The number of carboxylic acid groups (broad SMARTS) is 1. The highest BCUT2D eigenvalue weighted by atomic mass is 19.1. The van der Waals surface area contributed by atoms with Crippen LogP contribution < -0.4 is 31.2 Å². The maximum atomic E-state index is 14.9. The van der Waals surface area contributed by atoms with Gasteiger partial charge in [-0.05, 0) is 43.9 Å². The number of carbonyl (C=O) groups excluding carboxylic acids is 1. The van der Waals surface area contributed by atoms with Crippen LogP contribution >= 0.6 is 0 Å². The Labute approximate surface area is 190 Å². The van der Waals surface area contributed by atoms with Gasteiger partial charge in [-0.3, -0.25) is 4.79 Å². The lowest BCUT2D eigenvalue weighted by Crippen LogP contribution is -2.50. The van der Waals surface area contributed by atoms with E-state index in [0.29, 0.717) is 17.2 Å². The average molecular weight is 461 g/mol. The summed E-state index contributed by atoms with van der Waals surface area (Å²) in [4.78, 5) is 27.4. The van der Waals surface area contributed by atoms with Crippen molar-refractivity contribution in [1.82, 2.24) is 10.3 Å². The fourth-order valence-electron chi connectivity index (χ4n) is 3.82. The van der Waals surface area contributed by atoms with Crippen LogP contribution in [0.3, 0.4) is 0 Å². The summed E-state index contributed by atoms with van der Waals surface area (Å²) in [5.74, 6) is -0.575. The molecule has 1 aliphatic carbocycles. The third-order valence-corrected chi connectivity index (χ3v) is 5.74. The predicted molar refractivity (Wildman–Crippen MR) is 121 cm³/mol. The number of methoxy groups -OCH3 is 2. The van der Waals surface area contributed by atoms with E-state index in [1.54, 1.807) is 25.1 Å². The summed E-state index contributed by atoms with van der Waals surface area (Å²) in [7, 11) is 3.00. The summed E-state index contributed by atoms with van der Waals surface area (Å²) < 4.78 is 25.4. The third kappa shape index (κ3) is 5.54. The molecule has 33 heavy (non-hydrogen) atoms. The van der Waals surface area contributed by atoms with E-state index in [1.165, 1.54) is 14.2 Å². The summed E-state index contributed by atoms with van der Waals surface area (Å²) in [6.07, 6.45) is 1.63. The second-order valence-electron chi connectivity index (χ2n) is 7.87. The minimum Gasteiger partial charge on any atom is -0.493 e. The molecule has 0 spiro atoms. The lowest BCUT2D eigenvalue weighted by molar-refractivity contribution is 0.1000. The Morgan fingerprint density at radius 2 is 1.88 bits per heavy atom. The van der Waals surface area contributed by atoms with Gasteiger partial charge in [0.25, 0.3) is 5.91 Å². The van der Waals surface area contributed by atoms with Crippen molar-refractivity contribution in [3.8, 4) is 11.5 Å². The number of nitrogens with one attached hydrogen (secondary N) is 3. The third-order valence-electron chi connectivity index (χ3n) is 5.74. The molecule has 0 unspecified atom stereocenters. The molecule has 3 rings (SSSR count). The molecule has 11 heteroatoms. The Hall–Kier alpha value is -3.76. The monoisotopic (exact) mass is 461 g/mol. The standard InChI is InChI=1S/C22H28FN5O5/c1-11(25-22(30)31)18(12-5-4-6-12)27-21-15(23)10-14(19(24)29)20(28-21)26-13-7-8-16(32-2)17(9-13)33-3/h7-12,18,25H,4-6H2,1-3H3,(H2,24,29)(H,30,31)(H2,26,27,28)/t11-,18-/m0/s1. The number of nitrogens with two attached hydrogens (primary N) is 1. The van der Waals surface area contributed by atoms with Crippen molar-refractivity contribution in [2.45, 2.75) is 38.3 Å². The second kappa shape index (κ2) is 10.2. The van der Waals surface area contributed by atoms with Crippen LogP contribution in [0.4, 0.5) is 26.5 Å². The first-order valence-corrected chi connectivity index (χ1v) is 10.5. The molecule has 0 aliphatic heterocycles.